The van der Waals surface area contributed by atoms with E-state index in [1.54, 1.807) is 0 Å². The first-order valence-corrected chi connectivity index (χ1v) is 5.08. The van der Waals surface area contributed by atoms with Crippen molar-refractivity contribution in [3.63, 3.8) is 0 Å². The molecular weight excluding hydrogens is 230 g/mol. The normalized spacial score (nSPS) is 28.5. The molecule has 94 valence electrons. The third kappa shape index (κ3) is 2.09. The van der Waals surface area contributed by atoms with Crippen LogP contribution in [0.5, 0.6) is 0 Å². The van der Waals surface area contributed by atoms with Gasteiger partial charge in [0.15, 0.2) is 0 Å². The Kier molecular flexibility index (Phi) is 3.01. The highest BCUT2D eigenvalue weighted by Crippen LogP contribution is 2.26. The van der Waals surface area contributed by atoms with E-state index in [9.17, 15) is 14.7 Å². The third-order valence-corrected chi connectivity index (χ3v) is 2.66. The van der Waals surface area contributed by atoms with Gasteiger partial charge in [0.2, 0.25) is 0 Å². The Morgan fingerprint density at radius 2 is 2.29 bits per heavy atom. The average molecular weight is 243 g/mol. The topological polar surface area (TPSA) is 131 Å². The van der Waals surface area contributed by atoms with Crippen LogP contribution in [0.2, 0.25) is 0 Å². The van der Waals surface area contributed by atoms with Crippen molar-refractivity contribution in [1.82, 2.24) is 9.55 Å². The summed E-state index contributed by atoms with van der Waals surface area (Å²) in [5.74, 6) is -0.0338. The monoisotopic (exact) mass is 243 g/mol. The van der Waals surface area contributed by atoms with Gasteiger partial charge in [0.25, 0.3) is 5.56 Å². The Bertz CT molecular complexity index is 491. The van der Waals surface area contributed by atoms with E-state index in [2.05, 4.69) is 4.98 Å². The van der Waals surface area contributed by atoms with Crippen LogP contribution in [-0.4, -0.2) is 38.6 Å². The van der Waals surface area contributed by atoms with Gasteiger partial charge < -0.3 is 20.7 Å². The van der Waals surface area contributed by atoms with E-state index in [4.69, 9.17) is 15.6 Å². The molecule has 8 heteroatoms. The minimum absolute atomic E-state index is 0.0338. The van der Waals surface area contributed by atoms with Gasteiger partial charge in [0.1, 0.15) is 18.1 Å². The maximum absolute atomic E-state index is 11.6. The smallest absolute Gasteiger partial charge is 0.332 e. The van der Waals surface area contributed by atoms with Gasteiger partial charge in [-0.1, -0.05) is 0 Å². The lowest BCUT2D eigenvalue weighted by molar-refractivity contribution is -0.0468. The Balaban J connectivity index is 2.37. The van der Waals surface area contributed by atoms with Crippen LogP contribution in [0.4, 0.5) is 5.82 Å². The first kappa shape index (κ1) is 11.8. The van der Waals surface area contributed by atoms with Crippen molar-refractivity contribution in [3.05, 3.63) is 26.9 Å². The molecule has 0 radical (unpaired) electrons. The molecule has 1 aliphatic heterocycles. The van der Waals surface area contributed by atoms with Crippen LogP contribution in [-0.2, 0) is 4.74 Å². The number of H-pyrrole nitrogens is 1. The van der Waals surface area contributed by atoms with Crippen LogP contribution in [0.1, 0.15) is 12.6 Å². The van der Waals surface area contributed by atoms with Gasteiger partial charge in [-0.25, -0.2) is 9.36 Å². The van der Waals surface area contributed by atoms with Crippen LogP contribution in [0.15, 0.2) is 15.7 Å². The molecule has 0 bridgehead atoms. The van der Waals surface area contributed by atoms with Gasteiger partial charge in [-0.3, -0.25) is 9.78 Å². The molecule has 5 N–H and O–H groups in total. The average Bonchev–Trinajstić information content (AvgIpc) is 2.57. The van der Waals surface area contributed by atoms with E-state index < -0.39 is 29.7 Å². The number of hydrogen-bond donors (Lipinski definition) is 4. The molecule has 1 aromatic rings. The van der Waals surface area contributed by atoms with Gasteiger partial charge in [-0.15, -0.1) is 0 Å². The maximum atomic E-state index is 11.6. The van der Waals surface area contributed by atoms with Gasteiger partial charge in [-0.2, -0.15) is 0 Å². The summed E-state index contributed by atoms with van der Waals surface area (Å²) in [4.78, 5) is 25.4. The largest absolute Gasteiger partial charge is 0.394 e. The summed E-state index contributed by atoms with van der Waals surface area (Å²) in [6.07, 6.45) is -2.52. The number of nitrogen functional groups attached to an aromatic ring is 1. The van der Waals surface area contributed by atoms with Gasteiger partial charge in [-0.05, 0) is 0 Å². The second-order valence-corrected chi connectivity index (χ2v) is 3.85. The Morgan fingerprint density at radius 3 is 2.82 bits per heavy atom. The summed E-state index contributed by atoms with van der Waals surface area (Å²) in [5.41, 5.74) is 4.00. The van der Waals surface area contributed by atoms with E-state index >= 15 is 0 Å². The summed E-state index contributed by atoms with van der Waals surface area (Å²) in [7, 11) is 0. The molecule has 8 nitrogen and oxygen atoms in total. The quantitative estimate of drug-likeness (QED) is 0.464. The predicted molar refractivity (Wildman–Crippen MR) is 57.4 cm³/mol. The zero-order valence-electron chi connectivity index (χ0n) is 8.87. The van der Waals surface area contributed by atoms with Crippen molar-refractivity contribution >= 4 is 5.82 Å². The number of rotatable bonds is 2. The molecule has 1 fully saturated rings. The van der Waals surface area contributed by atoms with Gasteiger partial charge >= 0.3 is 5.69 Å². The molecule has 2 heterocycles. The number of aromatic nitrogens is 2. The molecule has 17 heavy (non-hydrogen) atoms. The first-order chi connectivity index (χ1) is 8.02. The highest BCUT2D eigenvalue weighted by atomic mass is 16.5. The van der Waals surface area contributed by atoms with Crippen LogP contribution in [0.25, 0.3) is 0 Å². The molecule has 1 aromatic heterocycles. The number of nitrogens with zero attached hydrogens (tertiary/aromatic N) is 1. The summed E-state index contributed by atoms with van der Waals surface area (Å²) < 4.78 is 6.04. The minimum atomic E-state index is -0.908. The summed E-state index contributed by atoms with van der Waals surface area (Å²) in [5, 5.41) is 18.4. The molecule has 0 spiro atoms. The molecular formula is C9H13N3O5. The van der Waals surface area contributed by atoms with E-state index in [0.29, 0.717) is 0 Å². The highest BCUT2D eigenvalue weighted by molar-refractivity contribution is 5.23. The second kappa shape index (κ2) is 4.32. The number of anilines is 1. The molecule has 0 aliphatic carbocycles. The number of hydrogen-bond acceptors (Lipinski definition) is 6. The second-order valence-electron chi connectivity index (χ2n) is 3.85. The zero-order chi connectivity index (χ0) is 12.6. The Morgan fingerprint density at radius 1 is 1.59 bits per heavy atom. The molecule has 0 saturated carbocycles. The van der Waals surface area contributed by atoms with E-state index in [0.717, 1.165) is 10.6 Å². The molecule has 1 aliphatic rings. The third-order valence-electron chi connectivity index (χ3n) is 2.66. The number of aliphatic hydroxyl groups is 2. The number of aliphatic hydroxyl groups excluding tert-OH is 2. The number of nitrogens with two attached hydrogens (primary N) is 1. The standard InChI is InChI=1S/C9H13N3O5/c10-6-2-7(15)12(9(16)11-6)8-1-4(14)5(3-13)17-8/h2,4-5,8,13-14H,1,3,10H2,(H,11,16). The van der Waals surface area contributed by atoms with Crippen molar-refractivity contribution < 1.29 is 14.9 Å². The van der Waals surface area contributed by atoms with Crippen LogP contribution in [0, 0.1) is 0 Å². The van der Waals surface area contributed by atoms with Crippen molar-refractivity contribution in [1.29, 1.82) is 0 Å². The highest BCUT2D eigenvalue weighted by Gasteiger charge is 2.35. The van der Waals surface area contributed by atoms with Crippen LogP contribution >= 0.6 is 0 Å². The molecule has 3 atom stereocenters. The van der Waals surface area contributed by atoms with Crippen LogP contribution in [0.3, 0.4) is 0 Å². The first-order valence-electron chi connectivity index (χ1n) is 5.08. The summed E-state index contributed by atoms with van der Waals surface area (Å²) >= 11 is 0. The minimum Gasteiger partial charge on any atom is -0.394 e. The van der Waals surface area contributed by atoms with Gasteiger partial charge in [0, 0.05) is 12.5 Å². The van der Waals surface area contributed by atoms with Gasteiger partial charge in [0.05, 0.1) is 12.7 Å². The molecule has 0 aromatic carbocycles. The predicted octanol–water partition coefficient (Wildman–Crippen LogP) is -2.24. The Hall–Kier alpha value is -1.64. The van der Waals surface area contributed by atoms with Crippen molar-refractivity contribution in [2.75, 3.05) is 12.3 Å². The lowest BCUT2D eigenvalue weighted by Gasteiger charge is -2.13. The lowest BCUT2D eigenvalue weighted by atomic mass is 10.2. The van der Waals surface area contributed by atoms with Crippen LogP contribution < -0.4 is 17.0 Å². The molecule has 1 saturated heterocycles. The van der Waals surface area contributed by atoms with E-state index in [-0.39, 0.29) is 18.8 Å². The fourth-order valence-corrected chi connectivity index (χ4v) is 1.83. The maximum Gasteiger partial charge on any atom is 0.332 e. The molecule has 3 unspecified atom stereocenters. The summed E-state index contributed by atoms with van der Waals surface area (Å²) in [6.45, 7) is -0.376. The number of aromatic amines is 1. The molecule has 0 amide bonds. The summed E-state index contributed by atoms with van der Waals surface area (Å²) in [6, 6.07) is 1.06. The SMILES string of the molecule is Nc1cc(=O)n(C2CC(O)C(CO)O2)c(=O)[nH]1. The molecule has 2 rings (SSSR count). The van der Waals surface area contributed by atoms with Crippen molar-refractivity contribution in [2.45, 2.75) is 24.9 Å². The van der Waals surface area contributed by atoms with Crippen molar-refractivity contribution in [3.8, 4) is 0 Å². The number of nitrogens with one attached hydrogen (secondary N) is 1. The lowest BCUT2D eigenvalue weighted by Crippen LogP contribution is -2.38. The fourth-order valence-electron chi connectivity index (χ4n) is 1.83. The fraction of sp³-hybridized carbons (Fsp3) is 0.556. The Labute approximate surface area is 95.3 Å². The number of ether oxygens (including phenoxy) is 1. The van der Waals surface area contributed by atoms with E-state index in [1.165, 1.54) is 0 Å². The van der Waals surface area contributed by atoms with E-state index in [1.807, 2.05) is 0 Å². The van der Waals surface area contributed by atoms with Crippen molar-refractivity contribution in [2.24, 2.45) is 0 Å². The zero-order valence-corrected chi connectivity index (χ0v) is 8.87.